The van der Waals surface area contributed by atoms with E-state index in [4.69, 9.17) is 0 Å². The molecule has 0 N–H and O–H groups in total. The van der Waals surface area contributed by atoms with Gasteiger partial charge in [0.1, 0.15) is 0 Å². The van der Waals surface area contributed by atoms with Gasteiger partial charge in [0.05, 0.1) is 0 Å². The van der Waals surface area contributed by atoms with E-state index in [1.807, 2.05) is 0 Å². The molecule has 0 nitrogen and oxygen atoms in total. The van der Waals surface area contributed by atoms with Gasteiger partial charge in [-0.05, 0) is 38.5 Å². The van der Waals surface area contributed by atoms with Crippen LogP contribution in [0.15, 0.2) is 36.5 Å². The maximum absolute atomic E-state index is 2.30. The molecule has 0 aliphatic heterocycles. The van der Waals surface area contributed by atoms with E-state index in [1.165, 1.54) is 32.1 Å². The molecule has 1 radical (unpaired) electrons. The summed E-state index contributed by atoms with van der Waals surface area (Å²) in [6, 6.07) is 0. The van der Waals surface area contributed by atoms with Crippen LogP contribution in [0.2, 0.25) is 0 Å². The summed E-state index contributed by atoms with van der Waals surface area (Å²) in [6.45, 7) is 0. The van der Waals surface area contributed by atoms with Gasteiger partial charge in [0.25, 0.3) is 0 Å². The normalized spacial score (nSPS) is 28.0. The van der Waals surface area contributed by atoms with Crippen LogP contribution in [0, 0.1) is 6.42 Å². The summed E-state index contributed by atoms with van der Waals surface area (Å²) in [6.07, 6.45) is 21.5. The molecule has 0 bridgehead atoms. The molecule has 0 amide bonds. The van der Waals surface area contributed by atoms with E-state index in [2.05, 4.69) is 42.9 Å². The molecule has 0 spiro atoms. The van der Waals surface area contributed by atoms with Gasteiger partial charge in [-0.1, -0.05) is 36.5 Å². The predicted octanol–water partition coefficient (Wildman–Crippen LogP) is 3.82. The zero-order chi connectivity index (χ0) is 8.49. The SMILES string of the molecule is [CH]1/C=C\C=C\CCC/C=C\CC1. The molecular weight excluding hydrogens is 144 g/mol. The Bertz CT molecular complexity index is 152. The second-order valence-electron chi connectivity index (χ2n) is 3.03. The lowest BCUT2D eigenvalue weighted by Gasteiger charge is -1.93. The van der Waals surface area contributed by atoms with Crippen LogP contribution in [-0.2, 0) is 0 Å². The molecule has 0 aromatic carbocycles. The van der Waals surface area contributed by atoms with Crippen molar-refractivity contribution in [1.29, 1.82) is 0 Å². The molecule has 0 heterocycles. The van der Waals surface area contributed by atoms with Crippen LogP contribution < -0.4 is 0 Å². The highest BCUT2D eigenvalue weighted by atomic mass is 13.9. The van der Waals surface area contributed by atoms with E-state index in [-0.39, 0.29) is 0 Å². The molecule has 1 aliphatic carbocycles. The Morgan fingerprint density at radius 1 is 0.583 bits per heavy atom. The van der Waals surface area contributed by atoms with Crippen molar-refractivity contribution >= 4 is 0 Å². The smallest absolute Gasteiger partial charge is 0.0164 e. The predicted molar refractivity (Wildman–Crippen MR) is 54.8 cm³/mol. The van der Waals surface area contributed by atoms with Crippen molar-refractivity contribution in [3.63, 3.8) is 0 Å². The van der Waals surface area contributed by atoms with Gasteiger partial charge in [-0.3, -0.25) is 0 Å². The molecule has 0 unspecified atom stereocenters. The Labute approximate surface area is 75.7 Å². The van der Waals surface area contributed by atoms with Crippen LogP contribution in [0.3, 0.4) is 0 Å². The number of hydrogen-bond donors (Lipinski definition) is 0. The van der Waals surface area contributed by atoms with E-state index in [9.17, 15) is 0 Å². The van der Waals surface area contributed by atoms with E-state index in [0.29, 0.717) is 0 Å². The fourth-order valence-corrected chi connectivity index (χ4v) is 1.20. The van der Waals surface area contributed by atoms with Crippen molar-refractivity contribution in [3.8, 4) is 0 Å². The topological polar surface area (TPSA) is 0 Å². The molecule has 1 rings (SSSR count). The first-order valence-electron chi connectivity index (χ1n) is 4.80. The Morgan fingerprint density at radius 3 is 2.42 bits per heavy atom. The molecule has 0 atom stereocenters. The van der Waals surface area contributed by atoms with Gasteiger partial charge in [0.15, 0.2) is 0 Å². The minimum absolute atomic E-state index is 1.17. The summed E-state index contributed by atoms with van der Waals surface area (Å²) in [5.74, 6) is 0. The first kappa shape index (κ1) is 9.31. The Hall–Kier alpha value is -0.780. The summed E-state index contributed by atoms with van der Waals surface area (Å²) in [5, 5.41) is 0. The molecule has 0 saturated carbocycles. The lowest BCUT2D eigenvalue weighted by Crippen LogP contribution is -1.73. The van der Waals surface area contributed by atoms with E-state index < -0.39 is 0 Å². The van der Waals surface area contributed by atoms with Crippen molar-refractivity contribution in [2.45, 2.75) is 32.1 Å². The highest BCUT2D eigenvalue weighted by molar-refractivity contribution is 5.08. The summed E-state index contributed by atoms with van der Waals surface area (Å²) >= 11 is 0. The van der Waals surface area contributed by atoms with Crippen LogP contribution in [0.4, 0.5) is 0 Å². The zero-order valence-corrected chi connectivity index (χ0v) is 7.58. The van der Waals surface area contributed by atoms with Crippen LogP contribution in [0.1, 0.15) is 32.1 Å². The maximum atomic E-state index is 2.30. The summed E-state index contributed by atoms with van der Waals surface area (Å²) in [4.78, 5) is 0. The monoisotopic (exact) mass is 161 g/mol. The lowest BCUT2D eigenvalue weighted by molar-refractivity contribution is 0.860. The highest BCUT2D eigenvalue weighted by Gasteiger charge is 1.83. The third kappa shape index (κ3) is 4.95. The first-order valence-corrected chi connectivity index (χ1v) is 4.80. The van der Waals surface area contributed by atoms with Gasteiger partial charge in [0, 0.05) is 0 Å². The number of rotatable bonds is 0. The Morgan fingerprint density at radius 2 is 1.42 bits per heavy atom. The van der Waals surface area contributed by atoms with Gasteiger partial charge >= 0.3 is 0 Å². The van der Waals surface area contributed by atoms with Crippen LogP contribution in [0.5, 0.6) is 0 Å². The zero-order valence-electron chi connectivity index (χ0n) is 7.58. The maximum Gasteiger partial charge on any atom is -0.0164 e. The molecule has 0 heteroatoms. The van der Waals surface area contributed by atoms with Crippen molar-refractivity contribution in [1.82, 2.24) is 0 Å². The van der Waals surface area contributed by atoms with Crippen LogP contribution in [0.25, 0.3) is 0 Å². The van der Waals surface area contributed by atoms with Crippen molar-refractivity contribution in [3.05, 3.63) is 42.9 Å². The second kappa shape index (κ2) is 6.90. The van der Waals surface area contributed by atoms with Gasteiger partial charge in [-0.25, -0.2) is 0 Å². The Balaban J connectivity index is 2.30. The average Bonchev–Trinajstić information content (AvgIpc) is 2.05. The quantitative estimate of drug-likeness (QED) is 0.474. The fourth-order valence-electron chi connectivity index (χ4n) is 1.20. The van der Waals surface area contributed by atoms with Crippen LogP contribution >= 0.6 is 0 Å². The van der Waals surface area contributed by atoms with E-state index in [0.717, 1.165) is 0 Å². The van der Waals surface area contributed by atoms with Crippen molar-refractivity contribution in [2.75, 3.05) is 0 Å². The molecule has 0 aromatic heterocycles. The number of allylic oxidation sites excluding steroid dienone is 6. The first-order chi connectivity index (χ1) is 6.00. The molecule has 0 saturated heterocycles. The van der Waals surface area contributed by atoms with Gasteiger partial charge in [-0.15, -0.1) is 0 Å². The molecule has 0 aromatic rings. The van der Waals surface area contributed by atoms with Gasteiger partial charge in [0.2, 0.25) is 0 Å². The largest absolute Gasteiger partial charge is 0.0885 e. The Kier molecular flexibility index (Phi) is 5.35. The van der Waals surface area contributed by atoms with Gasteiger partial charge in [-0.2, -0.15) is 0 Å². The molecule has 65 valence electrons. The fraction of sp³-hybridized carbons (Fsp3) is 0.417. The summed E-state index contributed by atoms with van der Waals surface area (Å²) < 4.78 is 0. The standard InChI is InChI=1S/C12H17/c1-2-4-6-8-10-12-11-9-7-5-3-1/h1-5,10,12H,6-9,11H2/b2-1-,5-3+,12-10-. The van der Waals surface area contributed by atoms with Gasteiger partial charge < -0.3 is 0 Å². The second-order valence-corrected chi connectivity index (χ2v) is 3.03. The molecular formula is C12H17. The average molecular weight is 161 g/mol. The van der Waals surface area contributed by atoms with Crippen molar-refractivity contribution in [2.24, 2.45) is 0 Å². The third-order valence-electron chi connectivity index (χ3n) is 1.90. The summed E-state index contributed by atoms with van der Waals surface area (Å²) in [7, 11) is 0. The number of hydrogen-bond acceptors (Lipinski definition) is 0. The molecule has 1 aliphatic rings. The van der Waals surface area contributed by atoms with E-state index >= 15 is 0 Å². The lowest BCUT2D eigenvalue weighted by atomic mass is 10.1. The van der Waals surface area contributed by atoms with Crippen molar-refractivity contribution < 1.29 is 0 Å². The van der Waals surface area contributed by atoms with E-state index in [1.54, 1.807) is 0 Å². The third-order valence-corrected chi connectivity index (χ3v) is 1.90. The minimum Gasteiger partial charge on any atom is -0.0885 e. The highest BCUT2D eigenvalue weighted by Crippen LogP contribution is 2.03. The minimum atomic E-state index is 1.17. The molecule has 12 heavy (non-hydrogen) atoms. The molecule has 0 fully saturated rings. The summed E-state index contributed by atoms with van der Waals surface area (Å²) in [5.41, 5.74) is 0. The van der Waals surface area contributed by atoms with Crippen LogP contribution in [-0.4, -0.2) is 0 Å².